The SMILES string of the molecule is CCSc1nnc(NC(=O)Cc2ccc(C)c(C)c2)s1. The second-order valence-electron chi connectivity index (χ2n) is 4.45. The van der Waals surface area contributed by atoms with Gasteiger partial charge in [0.25, 0.3) is 0 Å². The number of aryl methyl sites for hydroxylation is 2. The summed E-state index contributed by atoms with van der Waals surface area (Å²) in [5.41, 5.74) is 3.45. The lowest BCUT2D eigenvalue weighted by Gasteiger charge is -2.05. The monoisotopic (exact) mass is 307 g/mol. The molecule has 1 aromatic heterocycles. The number of rotatable bonds is 5. The van der Waals surface area contributed by atoms with Crippen molar-refractivity contribution in [3.63, 3.8) is 0 Å². The first-order valence-electron chi connectivity index (χ1n) is 6.40. The van der Waals surface area contributed by atoms with Crippen LogP contribution in [-0.2, 0) is 11.2 Å². The van der Waals surface area contributed by atoms with Crippen LogP contribution in [0.1, 0.15) is 23.6 Å². The van der Waals surface area contributed by atoms with E-state index in [9.17, 15) is 4.79 Å². The van der Waals surface area contributed by atoms with E-state index in [0.717, 1.165) is 15.7 Å². The highest BCUT2D eigenvalue weighted by Crippen LogP contribution is 2.25. The van der Waals surface area contributed by atoms with E-state index in [1.165, 1.54) is 22.5 Å². The van der Waals surface area contributed by atoms with Gasteiger partial charge < -0.3 is 5.32 Å². The van der Waals surface area contributed by atoms with Crippen LogP contribution in [0.2, 0.25) is 0 Å². The van der Waals surface area contributed by atoms with Crippen molar-refractivity contribution in [1.29, 1.82) is 0 Å². The Kier molecular flexibility index (Phi) is 5.14. The molecule has 0 radical (unpaired) electrons. The van der Waals surface area contributed by atoms with E-state index in [1.807, 2.05) is 18.2 Å². The number of hydrogen-bond acceptors (Lipinski definition) is 5. The van der Waals surface area contributed by atoms with Gasteiger partial charge in [-0.1, -0.05) is 48.2 Å². The topological polar surface area (TPSA) is 54.9 Å². The van der Waals surface area contributed by atoms with E-state index >= 15 is 0 Å². The van der Waals surface area contributed by atoms with Crippen LogP contribution in [0.3, 0.4) is 0 Å². The maximum Gasteiger partial charge on any atom is 0.230 e. The Morgan fingerprint density at radius 3 is 2.80 bits per heavy atom. The Morgan fingerprint density at radius 2 is 2.10 bits per heavy atom. The van der Waals surface area contributed by atoms with Crippen LogP contribution >= 0.6 is 23.1 Å². The molecule has 2 aromatic rings. The Bertz CT molecular complexity index is 610. The van der Waals surface area contributed by atoms with Crippen molar-refractivity contribution in [2.24, 2.45) is 0 Å². The molecule has 20 heavy (non-hydrogen) atoms. The van der Waals surface area contributed by atoms with Gasteiger partial charge in [-0.3, -0.25) is 4.79 Å². The lowest BCUT2D eigenvalue weighted by atomic mass is 10.0. The summed E-state index contributed by atoms with van der Waals surface area (Å²) in [6, 6.07) is 6.08. The number of amides is 1. The van der Waals surface area contributed by atoms with Crippen LogP contribution in [0, 0.1) is 13.8 Å². The molecule has 0 aliphatic heterocycles. The van der Waals surface area contributed by atoms with Gasteiger partial charge >= 0.3 is 0 Å². The molecule has 0 saturated heterocycles. The Morgan fingerprint density at radius 1 is 1.30 bits per heavy atom. The number of carbonyl (C=O) groups excluding carboxylic acids is 1. The highest BCUT2D eigenvalue weighted by atomic mass is 32.2. The smallest absolute Gasteiger partial charge is 0.230 e. The predicted molar refractivity (Wildman–Crippen MR) is 84.6 cm³/mol. The van der Waals surface area contributed by atoms with Gasteiger partial charge in [0.2, 0.25) is 11.0 Å². The summed E-state index contributed by atoms with van der Waals surface area (Å²) in [4.78, 5) is 12.0. The molecule has 0 spiro atoms. The Labute approximate surface area is 127 Å². The quantitative estimate of drug-likeness (QED) is 0.679. The third-order valence-corrected chi connectivity index (χ3v) is 4.71. The minimum absolute atomic E-state index is 0.0579. The summed E-state index contributed by atoms with van der Waals surface area (Å²) in [5.74, 6) is 0.892. The molecule has 1 N–H and O–H groups in total. The summed E-state index contributed by atoms with van der Waals surface area (Å²) in [5, 5.41) is 11.3. The standard InChI is InChI=1S/C14H17N3OS2/c1-4-19-14-17-16-13(20-14)15-12(18)8-11-6-5-9(2)10(3)7-11/h5-7H,4,8H2,1-3H3,(H,15,16,18). The van der Waals surface area contributed by atoms with Crippen LogP contribution in [-0.4, -0.2) is 21.9 Å². The van der Waals surface area contributed by atoms with E-state index in [1.54, 1.807) is 11.8 Å². The second kappa shape index (κ2) is 6.85. The molecule has 1 aromatic carbocycles. The maximum absolute atomic E-state index is 12.0. The van der Waals surface area contributed by atoms with Gasteiger partial charge in [-0.05, 0) is 36.3 Å². The summed E-state index contributed by atoms with van der Waals surface area (Å²) >= 11 is 3.04. The molecular weight excluding hydrogens is 290 g/mol. The van der Waals surface area contributed by atoms with Gasteiger partial charge in [0.05, 0.1) is 6.42 Å². The average Bonchev–Trinajstić information content (AvgIpc) is 2.81. The number of carbonyl (C=O) groups is 1. The summed E-state index contributed by atoms with van der Waals surface area (Å²) in [7, 11) is 0. The molecule has 106 valence electrons. The van der Waals surface area contributed by atoms with Crippen molar-refractivity contribution >= 4 is 34.1 Å². The first kappa shape index (κ1) is 15.0. The predicted octanol–water partition coefficient (Wildman–Crippen LogP) is 3.45. The minimum atomic E-state index is -0.0579. The van der Waals surface area contributed by atoms with Crippen LogP contribution in [0.4, 0.5) is 5.13 Å². The molecule has 0 atom stereocenters. The Balaban J connectivity index is 1.95. The fourth-order valence-corrected chi connectivity index (χ4v) is 3.37. The first-order chi connectivity index (χ1) is 9.58. The van der Waals surface area contributed by atoms with E-state index in [2.05, 4.69) is 36.3 Å². The van der Waals surface area contributed by atoms with Crippen molar-refractivity contribution in [1.82, 2.24) is 10.2 Å². The zero-order chi connectivity index (χ0) is 14.5. The molecule has 0 aliphatic rings. The lowest BCUT2D eigenvalue weighted by Crippen LogP contribution is -2.14. The number of hydrogen-bond donors (Lipinski definition) is 1. The molecule has 0 aliphatic carbocycles. The molecule has 4 nitrogen and oxygen atoms in total. The van der Waals surface area contributed by atoms with Gasteiger partial charge in [-0.2, -0.15) is 0 Å². The lowest BCUT2D eigenvalue weighted by molar-refractivity contribution is -0.115. The van der Waals surface area contributed by atoms with Crippen LogP contribution in [0.5, 0.6) is 0 Å². The minimum Gasteiger partial charge on any atom is -0.300 e. The molecule has 2 rings (SSSR count). The van der Waals surface area contributed by atoms with Crippen molar-refractivity contribution in [3.8, 4) is 0 Å². The number of anilines is 1. The average molecular weight is 307 g/mol. The molecule has 6 heteroatoms. The van der Waals surface area contributed by atoms with Crippen LogP contribution < -0.4 is 5.32 Å². The molecule has 1 amide bonds. The zero-order valence-corrected chi connectivity index (χ0v) is 13.4. The van der Waals surface area contributed by atoms with Gasteiger partial charge in [0, 0.05) is 0 Å². The van der Waals surface area contributed by atoms with E-state index in [0.29, 0.717) is 11.6 Å². The number of nitrogens with zero attached hydrogens (tertiary/aromatic N) is 2. The molecule has 1 heterocycles. The van der Waals surface area contributed by atoms with E-state index in [4.69, 9.17) is 0 Å². The van der Waals surface area contributed by atoms with E-state index < -0.39 is 0 Å². The van der Waals surface area contributed by atoms with Gasteiger partial charge in [-0.15, -0.1) is 10.2 Å². The van der Waals surface area contributed by atoms with Gasteiger partial charge in [0.1, 0.15) is 0 Å². The molecule has 0 bridgehead atoms. The highest BCUT2D eigenvalue weighted by molar-refractivity contribution is 8.01. The van der Waals surface area contributed by atoms with E-state index in [-0.39, 0.29) is 5.91 Å². The summed E-state index contributed by atoms with van der Waals surface area (Å²) in [6.45, 7) is 6.17. The zero-order valence-electron chi connectivity index (χ0n) is 11.8. The number of thioether (sulfide) groups is 1. The van der Waals surface area contributed by atoms with Crippen molar-refractivity contribution < 1.29 is 4.79 Å². The molecule has 0 fully saturated rings. The number of aromatic nitrogens is 2. The highest BCUT2D eigenvalue weighted by Gasteiger charge is 2.09. The first-order valence-corrected chi connectivity index (χ1v) is 8.21. The van der Waals surface area contributed by atoms with Crippen LogP contribution in [0.25, 0.3) is 0 Å². The molecule has 0 unspecified atom stereocenters. The normalized spacial score (nSPS) is 10.6. The van der Waals surface area contributed by atoms with Gasteiger partial charge in [-0.25, -0.2) is 0 Å². The van der Waals surface area contributed by atoms with Crippen LogP contribution in [0.15, 0.2) is 22.5 Å². The van der Waals surface area contributed by atoms with Gasteiger partial charge in [0.15, 0.2) is 4.34 Å². The fraction of sp³-hybridized carbons (Fsp3) is 0.357. The molecular formula is C14H17N3OS2. The summed E-state index contributed by atoms with van der Waals surface area (Å²) < 4.78 is 0.883. The van der Waals surface area contributed by atoms with Crippen molar-refractivity contribution in [2.45, 2.75) is 31.5 Å². The van der Waals surface area contributed by atoms with Crippen molar-refractivity contribution in [3.05, 3.63) is 34.9 Å². The fourth-order valence-electron chi connectivity index (χ4n) is 1.70. The maximum atomic E-state index is 12.0. The summed E-state index contributed by atoms with van der Waals surface area (Å²) in [6.07, 6.45) is 0.358. The number of benzene rings is 1. The third kappa shape index (κ3) is 4.05. The largest absolute Gasteiger partial charge is 0.300 e. The second-order valence-corrected chi connectivity index (χ2v) is 6.94. The molecule has 0 saturated carbocycles. The Hall–Kier alpha value is -1.40. The van der Waals surface area contributed by atoms with Crippen molar-refractivity contribution in [2.75, 3.05) is 11.1 Å². The number of nitrogens with one attached hydrogen (secondary N) is 1. The third-order valence-electron chi connectivity index (χ3n) is 2.86.